The molecular formula is C22H21N3O4S. The van der Waals surface area contributed by atoms with Crippen molar-refractivity contribution in [3.8, 4) is 28.5 Å². The molecular weight excluding hydrogens is 402 g/mol. The molecule has 2 aromatic carbocycles. The van der Waals surface area contributed by atoms with Gasteiger partial charge in [0.1, 0.15) is 22.1 Å². The predicted molar refractivity (Wildman–Crippen MR) is 117 cm³/mol. The molecule has 0 bridgehead atoms. The Hall–Kier alpha value is -3.52. The van der Waals surface area contributed by atoms with Crippen molar-refractivity contribution in [3.63, 3.8) is 0 Å². The van der Waals surface area contributed by atoms with Crippen molar-refractivity contribution in [3.05, 3.63) is 59.2 Å². The van der Waals surface area contributed by atoms with Gasteiger partial charge in [-0.05, 0) is 43.3 Å². The van der Waals surface area contributed by atoms with Crippen LogP contribution in [0.25, 0.3) is 16.2 Å². The maximum Gasteiger partial charge on any atom is 0.267 e. The number of benzene rings is 2. The van der Waals surface area contributed by atoms with Crippen molar-refractivity contribution in [1.82, 2.24) is 9.38 Å². The van der Waals surface area contributed by atoms with Gasteiger partial charge >= 0.3 is 0 Å². The number of carbonyl (C=O) groups is 1. The fraction of sp³-hybridized carbons (Fsp3) is 0.182. The minimum Gasteiger partial charge on any atom is -0.497 e. The van der Waals surface area contributed by atoms with Gasteiger partial charge in [-0.2, -0.15) is 0 Å². The lowest BCUT2D eigenvalue weighted by Crippen LogP contribution is -2.12. The summed E-state index contributed by atoms with van der Waals surface area (Å²) in [5, 5.41) is 2.92. The monoisotopic (exact) mass is 423 g/mol. The summed E-state index contributed by atoms with van der Waals surface area (Å²) in [6.07, 6.45) is 1.94. The molecule has 2 heterocycles. The summed E-state index contributed by atoms with van der Waals surface area (Å²) in [6, 6.07) is 13.0. The summed E-state index contributed by atoms with van der Waals surface area (Å²) in [6.45, 7) is 1.91. The van der Waals surface area contributed by atoms with Crippen LogP contribution in [0.15, 0.2) is 48.7 Å². The van der Waals surface area contributed by atoms with Gasteiger partial charge in [-0.25, -0.2) is 4.98 Å². The molecule has 4 rings (SSSR count). The second-order valence-electron chi connectivity index (χ2n) is 6.54. The number of fused-ring (bicyclic) bond motifs is 1. The van der Waals surface area contributed by atoms with Gasteiger partial charge in [0.2, 0.25) is 0 Å². The number of methoxy groups -OCH3 is 3. The van der Waals surface area contributed by atoms with E-state index >= 15 is 0 Å². The average Bonchev–Trinajstić information content (AvgIpc) is 3.33. The summed E-state index contributed by atoms with van der Waals surface area (Å²) in [5.74, 6) is 1.77. The van der Waals surface area contributed by atoms with Crippen LogP contribution in [-0.4, -0.2) is 36.6 Å². The quantitative estimate of drug-likeness (QED) is 0.489. The number of aryl methyl sites for hydroxylation is 1. The van der Waals surface area contributed by atoms with Crippen molar-refractivity contribution in [2.45, 2.75) is 6.92 Å². The second kappa shape index (κ2) is 8.08. The summed E-state index contributed by atoms with van der Waals surface area (Å²) < 4.78 is 17.7. The molecule has 1 amide bonds. The number of carbonyl (C=O) groups excluding carboxylic acids is 1. The Morgan fingerprint density at radius 3 is 2.33 bits per heavy atom. The molecule has 0 radical (unpaired) electrons. The van der Waals surface area contributed by atoms with Gasteiger partial charge in [-0.15, -0.1) is 0 Å². The molecule has 0 saturated carbocycles. The van der Waals surface area contributed by atoms with Crippen LogP contribution in [0.5, 0.6) is 17.2 Å². The lowest BCUT2D eigenvalue weighted by atomic mass is 10.2. The molecule has 0 aliphatic heterocycles. The summed E-state index contributed by atoms with van der Waals surface area (Å²) in [4.78, 5) is 18.9. The van der Waals surface area contributed by atoms with Gasteiger partial charge in [0, 0.05) is 23.5 Å². The number of anilines is 1. The van der Waals surface area contributed by atoms with Gasteiger partial charge < -0.3 is 19.5 Å². The van der Waals surface area contributed by atoms with Gasteiger partial charge in [0.25, 0.3) is 5.91 Å². The molecule has 2 aromatic heterocycles. The van der Waals surface area contributed by atoms with E-state index < -0.39 is 0 Å². The standard InChI is InChI=1S/C22H21N3O4S/c1-13-20(21(26)23-17-10-9-16(28-3)11-19(17)29-4)30-22-24-18(12-25(13)22)14-5-7-15(27-2)8-6-14/h5-12H,1-4H3,(H,23,26). The Labute approximate surface area is 177 Å². The highest BCUT2D eigenvalue weighted by Gasteiger charge is 2.19. The van der Waals surface area contributed by atoms with E-state index in [9.17, 15) is 4.79 Å². The first-order chi connectivity index (χ1) is 14.5. The molecule has 8 heteroatoms. The molecule has 0 atom stereocenters. The molecule has 154 valence electrons. The summed E-state index contributed by atoms with van der Waals surface area (Å²) >= 11 is 1.35. The fourth-order valence-corrected chi connectivity index (χ4v) is 4.15. The summed E-state index contributed by atoms with van der Waals surface area (Å²) in [5.41, 5.74) is 3.23. The van der Waals surface area contributed by atoms with Crippen LogP contribution in [0.2, 0.25) is 0 Å². The van der Waals surface area contributed by atoms with E-state index in [0.29, 0.717) is 22.1 Å². The number of amides is 1. The molecule has 0 spiro atoms. The number of imidazole rings is 1. The number of nitrogens with zero attached hydrogens (tertiary/aromatic N) is 2. The maximum absolute atomic E-state index is 12.9. The second-order valence-corrected chi connectivity index (χ2v) is 7.52. The van der Waals surface area contributed by atoms with Crippen LogP contribution in [0.3, 0.4) is 0 Å². The Bertz CT molecular complexity index is 1210. The predicted octanol–water partition coefficient (Wildman–Crippen LogP) is 4.65. The largest absolute Gasteiger partial charge is 0.497 e. The van der Waals surface area contributed by atoms with Gasteiger partial charge in [0.05, 0.1) is 32.7 Å². The minimum atomic E-state index is -0.211. The fourth-order valence-electron chi connectivity index (χ4n) is 3.14. The normalized spacial score (nSPS) is 10.8. The molecule has 4 aromatic rings. The molecule has 0 aliphatic rings. The van der Waals surface area contributed by atoms with Crippen molar-refractivity contribution in [2.75, 3.05) is 26.6 Å². The lowest BCUT2D eigenvalue weighted by molar-refractivity contribution is 0.102. The first-order valence-electron chi connectivity index (χ1n) is 9.20. The molecule has 0 saturated heterocycles. The number of nitrogens with one attached hydrogen (secondary N) is 1. The van der Waals surface area contributed by atoms with E-state index in [1.165, 1.54) is 11.3 Å². The van der Waals surface area contributed by atoms with E-state index in [1.807, 2.05) is 41.8 Å². The summed E-state index contributed by atoms with van der Waals surface area (Å²) in [7, 11) is 4.77. The van der Waals surface area contributed by atoms with Gasteiger partial charge in [0.15, 0.2) is 4.96 Å². The van der Waals surface area contributed by atoms with Crippen molar-refractivity contribution in [1.29, 1.82) is 0 Å². The number of ether oxygens (including phenoxy) is 3. The third-order valence-corrected chi connectivity index (χ3v) is 5.96. The maximum atomic E-state index is 12.9. The first-order valence-corrected chi connectivity index (χ1v) is 10.0. The van der Waals surface area contributed by atoms with E-state index in [2.05, 4.69) is 10.3 Å². The minimum absolute atomic E-state index is 0.211. The Kier molecular flexibility index (Phi) is 5.33. The molecule has 0 aliphatic carbocycles. The number of rotatable bonds is 6. The van der Waals surface area contributed by atoms with E-state index in [0.717, 1.165) is 27.7 Å². The van der Waals surface area contributed by atoms with Crippen molar-refractivity contribution < 1.29 is 19.0 Å². The highest BCUT2D eigenvalue weighted by Crippen LogP contribution is 2.32. The molecule has 0 fully saturated rings. The topological polar surface area (TPSA) is 74.1 Å². The zero-order valence-corrected chi connectivity index (χ0v) is 17.9. The number of thiazole rings is 1. The zero-order valence-electron chi connectivity index (χ0n) is 17.1. The van der Waals surface area contributed by atoms with Crippen LogP contribution in [0.4, 0.5) is 5.69 Å². The molecule has 1 N–H and O–H groups in total. The van der Waals surface area contributed by atoms with E-state index in [1.54, 1.807) is 39.5 Å². The van der Waals surface area contributed by atoms with Gasteiger partial charge in [-0.1, -0.05) is 11.3 Å². The Balaban J connectivity index is 1.61. The first kappa shape index (κ1) is 19.8. The van der Waals surface area contributed by atoms with Crippen molar-refractivity contribution in [2.24, 2.45) is 0 Å². The van der Waals surface area contributed by atoms with Crippen LogP contribution >= 0.6 is 11.3 Å². The molecule has 30 heavy (non-hydrogen) atoms. The number of hydrogen-bond donors (Lipinski definition) is 1. The smallest absolute Gasteiger partial charge is 0.267 e. The lowest BCUT2D eigenvalue weighted by Gasteiger charge is -2.11. The van der Waals surface area contributed by atoms with Crippen LogP contribution in [0, 0.1) is 6.92 Å². The van der Waals surface area contributed by atoms with Crippen LogP contribution in [-0.2, 0) is 0 Å². The molecule has 7 nitrogen and oxygen atoms in total. The highest BCUT2D eigenvalue weighted by molar-refractivity contribution is 7.19. The SMILES string of the molecule is COc1ccc(-c2cn3c(C)c(C(=O)Nc4ccc(OC)cc4OC)sc3n2)cc1. The Morgan fingerprint density at radius 2 is 1.70 bits per heavy atom. The highest BCUT2D eigenvalue weighted by atomic mass is 32.1. The Morgan fingerprint density at radius 1 is 1.00 bits per heavy atom. The van der Waals surface area contributed by atoms with E-state index in [4.69, 9.17) is 14.2 Å². The average molecular weight is 423 g/mol. The van der Waals surface area contributed by atoms with E-state index in [-0.39, 0.29) is 5.91 Å². The third kappa shape index (κ3) is 3.57. The molecule has 0 unspecified atom stereocenters. The van der Waals surface area contributed by atoms with Crippen molar-refractivity contribution >= 4 is 27.9 Å². The van der Waals surface area contributed by atoms with Crippen LogP contribution < -0.4 is 19.5 Å². The van der Waals surface area contributed by atoms with Crippen LogP contribution in [0.1, 0.15) is 15.4 Å². The number of aromatic nitrogens is 2. The zero-order chi connectivity index (χ0) is 21.3. The number of hydrogen-bond acceptors (Lipinski definition) is 6. The van der Waals surface area contributed by atoms with Gasteiger partial charge in [-0.3, -0.25) is 9.20 Å². The third-order valence-electron chi connectivity index (χ3n) is 4.81.